The molecule has 0 amide bonds. The van der Waals surface area contributed by atoms with Gasteiger partial charge < -0.3 is 4.90 Å². The highest BCUT2D eigenvalue weighted by molar-refractivity contribution is 6.32. The Labute approximate surface area is 120 Å². The third-order valence-corrected chi connectivity index (χ3v) is 3.79. The summed E-state index contributed by atoms with van der Waals surface area (Å²) >= 11 is 11.9. The van der Waals surface area contributed by atoms with Crippen molar-refractivity contribution in [2.45, 2.75) is 46.1 Å². The second kappa shape index (κ2) is 7.27. The maximum atomic E-state index is 6.10. The molecule has 0 aliphatic rings. The molecule has 1 atom stereocenters. The summed E-state index contributed by atoms with van der Waals surface area (Å²) < 4.78 is 0. The van der Waals surface area contributed by atoms with Crippen LogP contribution in [0, 0.1) is 6.92 Å². The molecule has 0 saturated heterocycles. The summed E-state index contributed by atoms with van der Waals surface area (Å²) in [5.41, 5.74) is 1.87. The smallest absolute Gasteiger partial charge is 0.224 e. The number of aromatic nitrogens is 2. The van der Waals surface area contributed by atoms with Gasteiger partial charge in [0.2, 0.25) is 5.28 Å². The van der Waals surface area contributed by atoms with E-state index < -0.39 is 0 Å². The van der Waals surface area contributed by atoms with Gasteiger partial charge in [0.15, 0.2) is 0 Å². The van der Waals surface area contributed by atoms with Crippen molar-refractivity contribution in [3.8, 4) is 0 Å². The van der Waals surface area contributed by atoms with Gasteiger partial charge in [-0.25, -0.2) is 9.97 Å². The number of hydrogen-bond donors (Lipinski definition) is 0. The van der Waals surface area contributed by atoms with Crippen molar-refractivity contribution < 1.29 is 0 Å². The van der Waals surface area contributed by atoms with Crippen LogP contribution in [0.25, 0.3) is 0 Å². The number of hydrogen-bond acceptors (Lipinski definition) is 3. The van der Waals surface area contributed by atoms with Crippen LogP contribution >= 0.6 is 23.2 Å². The number of rotatable bonds is 6. The van der Waals surface area contributed by atoms with Crippen molar-refractivity contribution in [1.82, 2.24) is 14.9 Å². The molecule has 0 bridgehead atoms. The minimum absolute atomic E-state index is 0.217. The molecule has 0 aliphatic carbocycles. The van der Waals surface area contributed by atoms with Gasteiger partial charge in [0.25, 0.3) is 0 Å². The zero-order chi connectivity index (χ0) is 13.7. The molecule has 0 saturated carbocycles. The summed E-state index contributed by atoms with van der Waals surface area (Å²) in [4.78, 5) is 10.5. The van der Waals surface area contributed by atoms with Crippen LogP contribution in [-0.2, 0) is 6.42 Å². The van der Waals surface area contributed by atoms with Crippen LogP contribution in [0.3, 0.4) is 0 Å². The first-order valence-electron chi connectivity index (χ1n) is 6.34. The quantitative estimate of drug-likeness (QED) is 0.590. The second-order valence-electron chi connectivity index (χ2n) is 4.72. The van der Waals surface area contributed by atoms with Gasteiger partial charge in [-0.3, -0.25) is 0 Å². The molecule has 102 valence electrons. The SMILES string of the molecule is CCCC(C)N(C)CCc1c(C)nc(Cl)nc1Cl. The van der Waals surface area contributed by atoms with Gasteiger partial charge in [0, 0.05) is 23.8 Å². The van der Waals surface area contributed by atoms with E-state index in [1.165, 1.54) is 12.8 Å². The summed E-state index contributed by atoms with van der Waals surface area (Å²) in [6.07, 6.45) is 3.27. The molecule has 1 aromatic rings. The van der Waals surface area contributed by atoms with Gasteiger partial charge in [-0.05, 0) is 45.3 Å². The third kappa shape index (κ3) is 4.38. The predicted molar refractivity (Wildman–Crippen MR) is 77.5 cm³/mol. The fourth-order valence-electron chi connectivity index (χ4n) is 1.96. The second-order valence-corrected chi connectivity index (χ2v) is 5.41. The van der Waals surface area contributed by atoms with Crippen molar-refractivity contribution in [3.05, 3.63) is 21.7 Å². The molecule has 0 radical (unpaired) electrons. The van der Waals surface area contributed by atoms with Crippen molar-refractivity contribution in [3.63, 3.8) is 0 Å². The monoisotopic (exact) mass is 289 g/mol. The van der Waals surface area contributed by atoms with Gasteiger partial charge >= 0.3 is 0 Å². The highest BCUT2D eigenvalue weighted by Crippen LogP contribution is 2.19. The minimum Gasteiger partial charge on any atom is -0.303 e. The van der Waals surface area contributed by atoms with Gasteiger partial charge in [0.05, 0.1) is 0 Å². The highest BCUT2D eigenvalue weighted by atomic mass is 35.5. The fraction of sp³-hybridized carbons (Fsp3) is 0.692. The summed E-state index contributed by atoms with van der Waals surface area (Å²) in [6.45, 7) is 7.33. The average Bonchev–Trinajstić information content (AvgIpc) is 2.27. The lowest BCUT2D eigenvalue weighted by atomic mass is 10.1. The molecular weight excluding hydrogens is 269 g/mol. The van der Waals surface area contributed by atoms with E-state index in [0.717, 1.165) is 24.2 Å². The largest absolute Gasteiger partial charge is 0.303 e. The first-order chi connectivity index (χ1) is 8.45. The van der Waals surface area contributed by atoms with Crippen molar-refractivity contribution in [1.29, 1.82) is 0 Å². The molecule has 0 N–H and O–H groups in total. The topological polar surface area (TPSA) is 29.0 Å². The molecule has 0 fully saturated rings. The van der Waals surface area contributed by atoms with Crippen LogP contribution in [-0.4, -0.2) is 34.5 Å². The van der Waals surface area contributed by atoms with Crippen molar-refractivity contribution in [2.24, 2.45) is 0 Å². The Hall–Kier alpha value is -0.380. The molecule has 0 aliphatic heterocycles. The Morgan fingerprint density at radius 1 is 1.28 bits per heavy atom. The lowest BCUT2D eigenvalue weighted by Crippen LogP contribution is -2.31. The summed E-state index contributed by atoms with van der Waals surface area (Å²) in [7, 11) is 2.14. The molecule has 1 aromatic heterocycles. The maximum Gasteiger partial charge on any atom is 0.224 e. The number of likely N-dealkylation sites (N-methyl/N-ethyl adjacent to an activating group) is 1. The maximum absolute atomic E-state index is 6.10. The summed E-state index contributed by atoms with van der Waals surface area (Å²) in [6, 6.07) is 0.585. The standard InChI is InChI=1S/C13H21Cl2N3/c1-5-6-9(2)18(4)8-7-11-10(3)16-13(15)17-12(11)14/h9H,5-8H2,1-4H3. The molecule has 1 rings (SSSR count). The first-order valence-corrected chi connectivity index (χ1v) is 7.10. The van der Waals surface area contributed by atoms with E-state index in [-0.39, 0.29) is 5.28 Å². The van der Waals surface area contributed by atoms with E-state index in [2.05, 4.69) is 35.8 Å². The molecule has 0 aromatic carbocycles. The van der Waals surface area contributed by atoms with Gasteiger partial charge in [-0.2, -0.15) is 0 Å². The van der Waals surface area contributed by atoms with Crippen molar-refractivity contribution in [2.75, 3.05) is 13.6 Å². The van der Waals surface area contributed by atoms with Gasteiger partial charge in [-0.1, -0.05) is 24.9 Å². The lowest BCUT2D eigenvalue weighted by molar-refractivity contribution is 0.247. The Morgan fingerprint density at radius 2 is 1.94 bits per heavy atom. The molecule has 1 unspecified atom stereocenters. The van der Waals surface area contributed by atoms with E-state index >= 15 is 0 Å². The van der Waals surface area contributed by atoms with Crippen LogP contribution in [0.4, 0.5) is 0 Å². The van der Waals surface area contributed by atoms with E-state index in [1.807, 2.05) is 6.92 Å². The third-order valence-electron chi connectivity index (χ3n) is 3.31. The minimum atomic E-state index is 0.217. The molecular formula is C13H21Cl2N3. The van der Waals surface area contributed by atoms with E-state index in [4.69, 9.17) is 23.2 Å². The number of halogens is 2. The molecule has 3 nitrogen and oxygen atoms in total. The fourth-order valence-corrected chi connectivity index (χ4v) is 2.53. The lowest BCUT2D eigenvalue weighted by Gasteiger charge is -2.24. The Kier molecular flexibility index (Phi) is 6.33. The van der Waals surface area contributed by atoms with Crippen LogP contribution in [0.1, 0.15) is 37.9 Å². The van der Waals surface area contributed by atoms with Gasteiger partial charge in [0.1, 0.15) is 5.15 Å². The Balaban J connectivity index is 2.63. The van der Waals surface area contributed by atoms with E-state index in [0.29, 0.717) is 11.2 Å². The Bertz CT molecular complexity index is 373. The summed E-state index contributed by atoms with van der Waals surface area (Å²) in [5, 5.41) is 0.693. The molecule has 0 spiro atoms. The van der Waals surface area contributed by atoms with Crippen LogP contribution in [0.5, 0.6) is 0 Å². The number of aryl methyl sites for hydroxylation is 1. The van der Waals surface area contributed by atoms with Gasteiger partial charge in [-0.15, -0.1) is 0 Å². The molecule has 18 heavy (non-hydrogen) atoms. The van der Waals surface area contributed by atoms with E-state index in [9.17, 15) is 0 Å². The predicted octanol–water partition coefficient (Wildman–Crippen LogP) is 3.75. The average molecular weight is 290 g/mol. The number of nitrogens with zero attached hydrogens (tertiary/aromatic N) is 3. The molecule has 1 heterocycles. The highest BCUT2D eigenvalue weighted by Gasteiger charge is 2.12. The Morgan fingerprint density at radius 3 is 2.50 bits per heavy atom. The summed E-state index contributed by atoms with van der Waals surface area (Å²) in [5.74, 6) is 0. The normalized spacial score (nSPS) is 13.1. The van der Waals surface area contributed by atoms with Crippen LogP contribution in [0.2, 0.25) is 10.4 Å². The first kappa shape index (κ1) is 15.7. The molecule has 5 heteroatoms. The van der Waals surface area contributed by atoms with Crippen LogP contribution < -0.4 is 0 Å². The zero-order valence-corrected chi connectivity index (χ0v) is 13.0. The van der Waals surface area contributed by atoms with Crippen LogP contribution in [0.15, 0.2) is 0 Å². The zero-order valence-electron chi connectivity index (χ0n) is 11.5. The van der Waals surface area contributed by atoms with E-state index in [1.54, 1.807) is 0 Å². The van der Waals surface area contributed by atoms with Crippen molar-refractivity contribution >= 4 is 23.2 Å².